The van der Waals surface area contributed by atoms with Crippen LogP contribution in [0.1, 0.15) is 103 Å². The van der Waals surface area contributed by atoms with Gasteiger partial charge in [-0.25, -0.2) is 4.98 Å². The van der Waals surface area contributed by atoms with Gasteiger partial charge in [-0.2, -0.15) is 0 Å². The number of aryl methyl sites for hydroxylation is 1. The van der Waals surface area contributed by atoms with E-state index in [0.717, 1.165) is 53.9 Å². The highest BCUT2D eigenvalue weighted by atomic mass is 32.1. The fraction of sp³-hybridized carbons (Fsp3) is 0.647. The molecule has 0 bridgehead atoms. The molecule has 0 aliphatic carbocycles. The molecule has 1 aliphatic rings. The van der Waals surface area contributed by atoms with Gasteiger partial charge < -0.3 is 26.4 Å². The van der Waals surface area contributed by atoms with Crippen LogP contribution in [0, 0.1) is 12.3 Å². The van der Waals surface area contributed by atoms with E-state index in [4.69, 9.17) is 5.73 Å². The normalized spacial score (nSPS) is 17.5. The number of aromatic nitrogens is 1. The molecule has 244 valence electrons. The third-order valence-electron chi connectivity index (χ3n) is 8.32. The van der Waals surface area contributed by atoms with E-state index in [1.165, 1.54) is 37.0 Å². The summed E-state index contributed by atoms with van der Waals surface area (Å²) in [7, 11) is 0. The lowest BCUT2D eigenvalue weighted by atomic mass is 9.85. The summed E-state index contributed by atoms with van der Waals surface area (Å²) >= 11 is 1.59. The molecule has 1 aliphatic heterocycles. The molecule has 3 amide bonds. The molecule has 3 atom stereocenters. The van der Waals surface area contributed by atoms with Crippen LogP contribution in [-0.4, -0.2) is 64.0 Å². The van der Waals surface area contributed by atoms with E-state index in [1.54, 1.807) is 11.3 Å². The Morgan fingerprint density at radius 2 is 1.64 bits per heavy atom. The SMILES string of the molecule is Cc1ncsc1-c1ccc(CNC(=O)[C@@H]2C[C@@H](O)CN2C(=O)C(NC(=O)CCCCCCCCCCCN)C(C)(C)C)cc1. The van der Waals surface area contributed by atoms with Crippen LogP contribution in [0.2, 0.25) is 0 Å². The highest BCUT2D eigenvalue weighted by Crippen LogP contribution is 2.28. The standard InChI is InChI=1S/C34H53N5O4S/c1-24-30(44-23-37-24)26-17-15-25(16-18-26)21-36-32(42)28-20-27(40)22-39(28)33(43)31(34(2,3)4)38-29(41)14-12-10-8-6-5-7-9-11-13-19-35/h15-18,23,27-28,31,40H,5-14,19-22,35H2,1-4H3,(H,36,42)(H,38,41)/t27-,28+,31?/m1/s1. The fourth-order valence-electron chi connectivity index (χ4n) is 5.68. The van der Waals surface area contributed by atoms with Gasteiger partial charge in [-0.1, -0.05) is 90.0 Å². The van der Waals surface area contributed by atoms with Gasteiger partial charge in [-0.3, -0.25) is 14.4 Å². The third-order valence-corrected chi connectivity index (χ3v) is 9.30. The number of likely N-dealkylation sites (tertiary alicyclic amines) is 1. The van der Waals surface area contributed by atoms with Gasteiger partial charge in [-0.15, -0.1) is 11.3 Å². The number of hydrogen-bond acceptors (Lipinski definition) is 7. The summed E-state index contributed by atoms with van der Waals surface area (Å²) in [6, 6.07) is 6.37. The van der Waals surface area contributed by atoms with E-state index >= 15 is 0 Å². The molecule has 5 N–H and O–H groups in total. The van der Waals surface area contributed by atoms with Crippen LogP contribution < -0.4 is 16.4 Å². The van der Waals surface area contributed by atoms with Crippen LogP contribution in [0.25, 0.3) is 10.4 Å². The summed E-state index contributed by atoms with van der Waals surface area (Å²) in [6.45, 7) is 8.84. The van der Waals surface area contributed by atoms with Crippen molar-refractivity contribution < 1.29 is 19.5 Å². The number of rotatable bonds is 17. The molecule has 1 aromatic carbocycles. The van der Waals surface area contributed by atoms with Crippen molar-refractivity contribution in [3.63, 3.8) is 0 Å². The van der Waals surface area contributed by atoms with E-state index in [-0.39, 0.29) is 30.7 Å². The zero-order chi connectivity index (χ0) is 32.1. The van der Waals surface area contributed by atoms with E-state index in [9.17, 15) is 19.5 Å². The van der Waals surface area contributed by atoms with Crippen molar-refractivity contribution in [1.29, 1.82) is 0 Å². The largest absolute Gasteiger partial charge is 0.391 e. The van der Waals surface area contributed by atoms with Gasteiger partial charge in [0.2, 0.25) is 17.7 Å². The predicted molar refractivity (Wildman–Crippen MR) is 177 cm³/mol. The maximum absolute atomic E-state index is 13.8. The van der Waals surface area contributed by atoms with Crippen LogP contribution >= 0.6 is 11.3 Å². The number of nitrogens with two attached hydrogens (primary N) is 1. The second kappa shape index (κ2) is 17.6. The number of nitrogens with zero attached hydrogens (tertiary/aromatic N) is 2. The number of β-amino-alcohol motifs (C(OH)–C–C–N with tert-alkyl or cyclic N) is 1. The lowest BCUT2D eigenvalue weighted by Gasteiger charge is -2.35. The average molecular weight is 628 g/mol. The van der Waals surface area contributed by atoms with Crippen molar-refractivity contribution >= 4 is 29.1 Å². The van der Waals surface area contributed by atoms with E-state index in [2.05, 4.69) is 15.6 Å². The molecule has 0 radical (unpaired) electrons. The number of hydrogen-bond donors (Lipinski definition) is 4. The average Bonchev–Trinajstić information content (AvgIpc) is 3.60. The molecule has 1 fully saturated rings. The summed E-state index contributed by atoms with van der Waals surface area (Å²) in [5.74, 6) is -0.796. The second-order valence-electron chi connectivity index (χ2n) is 13.2. The number of amides is 3. The summed E-state index contributed by atoms with van der Waals surface area (Å²) in [4.78, 5) is 46.8. The molecule has 0 saturated carbocycles. The number of nitrogens with one attached hydrogen (secondary N) is 2. The first kappa shape index (κ1) is 35.7. The van der Waals surface area contributed by atoms with Gasteiger partial charge in [-0.05, 0) is 42.9 Å². The first-order valence-electron chi connectivity index (χ1n) is 16.3. The number of thiazole rings is 1. The Balaban J connectivity index is 1.49. The Bertz CT molecular complexity index is 1190. The molecule has 0 spiro atoms. The van der Waals surface area contributed by atoms with Gasteiger partial charge in [0, 0.05) is 25.9 Å². The van der Waals surface area contributed by atoms with E-state index in [1.807, 2.05) is 57.5 Å². The van der Waals surface area contributed by atoms with Gasteiger partial charge in [0.25, 0.3) is 0 Å². The van der Waals surface area contributed by atoms with Gasteiger partial charge in [0.15, 0.2) is 0 Å². The molecule has 9 nitrogen and oxygen atoms in total. The Morgan fingerprint density at radius 3 is 2.20 bits per heavy atom. The van der Waals surface area contributed by atoms with Crippen molar-refractivity contribution in [2.75, 3.05) is 13.1 Å². The Morgan fingerprint density at radius 1 is 1.02 bits per heavy atom. The smallest absolute Gasteiger partial charge is 0.246 e. The summed E-state index contributed by atoms with van der Waals surface area (Å²) in [5.41, 5.74) is 9.80. The summed E-state index contributed by atoms with van der Waals surface area (Å²) in [5, 5.41) is 16.4. The first-order valence-corrected chi connectivity index (χ1v) is 17.1. The minimum atomic E-state index is -0.799. The fourth-order valence-corrected chi connectivity index (χ4v) is 6.49. The van der Waals surface area contributed by atoms with Crippen LogP contribution in [0.4, 0.5) is 0 Å². The van der Waals surface area contributed by atoms with E-state index < -0.39 is 23.6 Å². The number of aliphatic hydroxyl groups is 1. The highest BCUT2D eigenvalue weighted by Gasteiger charge is 2.44. The molecule has 10 heteroatoms. The third kappa shape index (κ3) is 11.0. The zero-order valence-corrected chi connectivity index (χ0v) is 27.9. The molecule has 3 rings (SSSR count). The zero-order valence-electron chi connectivity index (χ0n) is 27.1. The Labute approximate surface area is 267 Å². The van der Waals surface area contributed by atoms with Crippen LogP contribution in [0.15, 0.2) is 29.8 Å². The van der Waals surface area contributed by atoms with E-state index in [0.29, 0.717) is 13.0 Å². The summed E-state index contributed by atoms with van der Waals surface area (Å²) in [6.07, 6.45) is 9.77. The number of carbonyl (C=O) groups excluding carboxylic acids is 3. The van der Waals surface area contributed by atoms with Crippen molar-refractivity contribution in [3.05, 3.63) is 41.0 Å². The molecule has 2 aromatic rings. The Hall–Kier alpha value is -2.82. The van der Waals surface area contributed by atoms with Crippen LogP contribution in [-0.2, 0) is 20.9 Å². The topological polar surface area (TPSA) is 138 Å². The maximum atomic E-state index is 13.8. The maximum Gasteiger partial charge on any atom is 0.246 e. The number of carbonyl (C=O) groups is 3. The quantitative estimate of drug-likeness (QED) is 0.180. The lowest BCUT2D eigenvalue weighted by molar-refractivity contribution is -0.144. The minimum absolute atomic E-state index is 0.0640. The van der Waals surface area contributed by atoms with Crippen molar-refractivity contribution in [2.45, 2.75) is 123 Å². The molecule has 2 heterocycles. The molecule has 44 heavy (non-hydrogen) atoms. The van der Waals surface area contributed by atoms with Crippen molar-refractivity contribution in [1.82, 2.24) is 20.5 Å². The molecular formula is C34H53N5O4S. The van der Waals surface area contributed by atoms with Crippen molar-refractivity contribution in [2.24, 2.45) is 11.1 Å². The van der Waals surface area contributed by atoms with Gasteiger partial charge >= 0.3 is 0 Å². The Kier molecular flexibility index (Phi) is 14.3. The van der Waals surface area contributed by atoms with Crippen molar-refractivity contribution in [3.8, 4) is 10.4 Å². The second-order valence-corrected chi connectivity index (χ2v) is 14.0. The predicted octanol–water partition coefficient (Wildman–Crippen LogP) is 5.09. The van der Waals surface area contributed by atoms with Gasteiger partial charge in [0.05, 0.1) is 22.2 Å². The molecule has 1 saturated heterocycles. The summed E-state index contributed by atoms with van der Waals surface area (Å²) < 4.78 is 0. The number of aliphatic hydroxyl groups excluding tert-OH is 1. The number of unbranched alkanes of at least 4 members (excludes halogenated alkanes) is 8. The van der Waals surface area contributed by atoms with Gasteiger partial charge in [0.1, 0.15) is 12.1 Å². The molecule has 1 unspecified atom stereocenters. The first-order chi connectivity index (χ1) is 21.0. The lowest BCUT2D eigenvalue weighted by Crippen LogP contribution is -2.57. The minimum Gasteiger partial charge on any atom is -0.391 e. The van der Waals surface area contributed by atoms with Crippen LogP contribution in [0.3, 0.4) is 0 Å². The highest BCUT2D eigenvalue weighted by molar-refractivity contribution is 7.13. The van der Waals surface area contributed by atoms with Crippen LogP contribution in [0.5, 0.6) is 0 Å². The molecular weight excluding hydrogens is 574 g/mol. The number of benzene rings is 1. The molecule has 1 aromatic heterocycles. The monoisotopic (exact) mass is 627 g/mol.